The average molecular weight is 222 g/mol. The van der Waals surface area contributed by atoms with Crippen molar-refractivity contribution in [2.75, 3.05) is 0 Å². The molecule has 0 aromatic heterocycles. The van der Waals surface area contributed by atoms with Crippen molar-refractivity contribution in [3.63, 3.8) is 0 Å². The highest BCUT2D eigenvalue weighted by Gasteiger charge is 2.39. The SMILES string of the molecule is CCC(O)(CC)[C@@H](C(=O)O)c1ccccc1. The molecule has 88 valence electrons. The third kappa shape index (κ3) is 2.42. The number of hydrogen-bond donors (Lipinski definition) is 2. The van der Waals surface area contributed by atoms with Crippen molar-refractivity contribution in [2.45, 2.75) is 38.2 Å². The summed E-state index contributed by atoms with van der Waals surface area (Å²) in [5.74, 6) is -1.83. The lowest BCUT2D eigenvalue weighted by Gasteiger charge is -2.32. The Balaban J connectivity index is 3.15. The zero-order valence-corrected chi connectivity index (χ0v) is 9.68. The number of benzene rings is 1. The molecule has 16 heavy (non-hydrogen) atoms. The van der Waals surface area contributed by atoms with Crippen molar-refractivity contribution in [3.05, 3.63) is 35.9 Å². The van der Waals surface area contributed by atoms with Crippen molar-refractivity contribution in [3.8, 4) is 0 Å². The maximum atomic E-state index is 11.3. The fourth-order valence-electron chi connectivity index (χ4n) is 1.99. The maximum Gasteiger partial charge on any atom is 0.313 e. The van der Waals surface area contributed by atoms with Crippen LogP contribution in [0.15, 0.2) is 30.3 Å². The monoisotopic (exact) mass is 222 g/mol. The Hall–Kier alpha value is -1.35. The van der Waals surface area contributed by atoms with E-state index in [0.29, 0.717) is 18.4 Å². The van der Waals surface area contributed by atoms with E-state index < -0.39 is 17.5 Å². The van der Waals surface area contributed by atoms with Crippen molar-refractivity contribution in [1.29, 1.82) is 0 Å². The van der Waals surface area contributed by atoms with Crippen LogP contribution in [0.5, 0.6) is 0 Å². The predicted molar refractivity (Wildman–Crippen MR) is 62.4 cm³/mol. The van der Waals surface area contributed by atoms with E-state index in [2.05, 4.69) is 0 Å². The molecule has 1 atom stereocenters. The molecule has 2 N–H and O–H groups in total. The summed E-state index contributed by atoms with van der Waals surface area (Å²) in [4.78, 5) is 11.3. The average Bonchev–Trinajstić information content (AvgIpc) is 2.30. The third-order valence-electron chi connectivity index (χ3n) is 3.14. The number of hydrogen-bond acceptors (Lipinski definition) is 2. The van der Waals surface area contributed by atoms with Gasteiger partial charge in [0.25, 0.3) is 0 Å². The van der Waals surface area contributed by atoms with Crippen LogP contribution in [0.4, 0.5) is 0 Å². The number of aliphatic hydroxyl groups is 1. The Bertz CT molecular complexity index is 341. The molecule has 0 aliphatic heterocycles. The van der Waals surface area contributed by atoms with Gasteiger partial charge in [-0.25, -0.2) is 0 Å². The molecule has 0 saturated carbocycles. The summed E-state index contributed by atoms with van der Waals surface area (Å²) in [6, 6.07) is 8.90. The van der Waals surface area contributed by atoms with E-state index in [0.717, 1.165) is 0 Å². The molecule has 3 heteroatoms. The van der Waals surface area contributed by atoms with E-state index in [1.165, 1.54) is 0 Å². The van der Waals surface area contributed by atoms with Gasteiger partial charge in [0.2, 0.25) is 0 Å². The van der Waals surface area contributed by atoms with Crippen LogP contribution < -0.4 is 0 Å². The first-order valence-electron chi connectivity index (χ1n) is 5.55. The van der Waals surface area contributed by atoms with E-state index in [1.807, 2.05) is 19.9 Å². The van der Waals surface area contributed by atoms with Crippen molar-refractivity contribution >= 4 is 5.97 Å². The predicted octanol–water partition coefficient (Wildman–Crippen LogP) is 2.41. The molecule has 0 spiro atoms. The summed E-state index contributed by atoms with van der Waals surface area (Å²) >= 11 is 0. The van der Waals surface area contributed by atoms with Crippen LogP contribution in [0.3, 0.4) is 0 Å². The van der Waals surface area contributed by atoms with Crippen LogP contribution in [0.25, 0.3) is 0 Å². The highest BCUT2D eigenvalue weighted by molar-refractivity contribution is 5.77. The summed E-state index contributed by atoms with van der Waals surface area (Å²) in [7, 11) is 0. The lowest BCUT2D eigenvalue weighted by molar-refractivity contribution is -0.146. The van der Waals surface area contributed by atoms with Gasteiger partial charge in [-0.2, -0.15) is 0 Å². The molecule has 0 heterocycles. The third-order valence-corrected chi connectivity index (χ3v) is 3.14. The molecule has 0 bridgehead atoms. The molecular weight excluding hydrogens is 204 g/mol. The maximum absolute atomic E-state index is 11.3. The first-order chi connectivity index (χ1) is 7.55. The molecule has 0 unspecified atom stereocenters. The quantitative estimate of drug-likeness (QED) is 0.804. The van der Waals surface area contributed by atoms with E-state index in [4.69, 9.17) is 0 Å². The van der Waals surface area contributed by atoms with Gasteiger partial charge in [0.1, 0.15) is 5.92 Å². The van der Waals surface area contributed by atoms with E-state index >= 15 is 0 Å². The molecule has 0 amide bonds. The summed E-state index contributed by atoms with van der Waals surface area (Å²) in [5.41, 5.74) is -0.520. The number of rotatable bonds is 5. The smallest absolute Gasteiger partial charge is 0.313 e. The minimum Gasteiger partial charge on any atom is -0.481 e. The normalized spacial score (nSPS) is 13.4. The minimum atomic E-state index is -1.17. The number of carboxylic acid groups (broad SMARTS) is 1. The summed E-state index contributed by atoms with van der Waals surface area (Å²) < 4.78 is 0. The largest absolute Gasteiger partial charge is 0.481 e. The lowest BCUT2D eigenvalue weighted by atomic mass is 9.78. The minimum absolute atomic E-state index is 0.426. The van der Waals surface area contributed by atoms with Crippen LogP contribution in [-0.4, -0.2) is 21.8 Å². The molecule has 0 radical (unpaired) electrons. The van der Waals surface area contributed by atoms with Gasteiger partial charge in [0.05, 0.1) is 5.60 Å². The second-order valence-corrected chi connectivity index (χ2v) is 3.99. The second kappa shape index (κ2) is 5.12. The summed E-state index contributed by atoms with van der Waals surface area (Å²) in [6.07, 6.45) is 0.852. The molecule has 0 aliphatic carbocycles. The molecule has 1 aromatic rings. The molecule has 1 aromatic carbocycles. The topological polar surface area (TPSA) is 57.5 Å². The molecule has 1 rings (SSSR count). The Morgan fingerprint density at radius 2 is 1.75 bits per heavy atom. The molecule has 3 nitrogen and oxygen atoms in total. The van der Waals surface area contributed by atoms with Crippen LogP contribution in [0.2, 0.25) is 0 Å². The Labute approximate surface area is 95.7 Å². The Morgan fingerprint density at radius 3 is 2.12 bits per heavy atom. The van der Waals surface area contributed by atoms with Gasteiger partial charge >= 0.3 is 5.97 Å². The van der Waals surface area contributed by atoms with Crippen molar-refractivity contribution < 1.29 is 15.0 Å². The van der Waals surface area contributed by atoms with Gasteiger partial charge in [-0.15, -0.1) is 0 Å². The molecule has 0 aliphatic rings. The molecular formula is C13H18O3. The van der Waals surface area contributed by atoms with Gasteiger partial charge in [-0.3, -0.25) is 4.79 Å². The summed E-state index contributed by atoms with van der Waals surface area (Å²) in [6.45, 7) is 3.62. The van der Waals surface area contributed by atoms with E-state index in [1.54, 1.807) is 24.3 Å². The highest BCUT2D eigenvalue weighted by Crippen LogP contribution is 2.33. The lowest BCUT2D eigenvalue weighted by Crippen LogP contribution is -2.39. The van der Waals surface area contributed by atoms with Gasteiger partial charge < -0.3 is 10.2 Å². The zero-order valence-electron chi connectivity index (χ0n) is 9.68. The van der Waals surface area contributed by atoms with Crippen LogP contribution >= 0.6 is 0 Å². The number of carbonyl (C=O) groups is 1. The van der Waals surface area contributed by atoms with Gasteiger partial charge in [-0.1, -0.05) is 44.2 Å². The Morgan fingerprint density at radius 1 is 1.25 bits per heavy atom. The van der Waals surface area contributed by atoms with E-state index in [-0.39, 0.29) is 0 Å². The Kier molecular flexibility index (Phi) is 4.07. The highest BCUT2D eigenvalue weighted by atomic mass is 16.4. The first-order valence-corrected chi connectivity index (χ1v) is 5.55. The fraction of sp³-hybridized carbons (Fsp3) is 0.462. The van der Waals surface area contributed by atoms with Crippen LogP contribution in [0, 0.1) is 0 Å². The zero-order chi connectivity index (χ0) is 12.2. The van der Waals surface area contributed by atoms with Gasteiger partial charge in [0, 0.05) is 0 Å². The fourth-order valence-corrected chi connectivity index (χ4v) is 1.99. The first kappa shape index (κ1) is 12.7. The number of carboxylic acids is 1. The van der Waals surface area contributed by atoms with E-state index in [9.17, 15) is 15.0 Å². The molecule has 0 fully saturated rings. The van der Waals surface area contributed by atoms with Crippen LogP contribution in [0.1, 0.15) is 38.2 Å². The van der Waals surface area contributed by atoms with Gasteiger partial charge in [0.15, 0.2) is 0 Å². The van der Waals surface area contributed by atoms with Crippen molar-refractivity contribution in [1.82, 2.24) is 0 Å². The molecule has 0 saturated heterocycles. The van der Waals surface area contributed by atoms with Crippen LogP contribution in [-0.2, 0) is 4.79 Å². The standard InChI is InChI=1S/C13H18O3/c1-3-13(16,4-2)11(12(14)15)10-8-6-5-7-9-10/h5-9,11,16H,3-4H2,1-2H3,(H,14,15)/t11-/m1/s1. The van der Waals surface area contributed by atoms with Crippen molar-refractivity contribution in [2.24, 2.45) is 0 Å². The number of aliphatic carboxylic acids is 1. The second-order valence-electron chi connectivity index (χ2n) is 3.99. The summed E-state index contributed by atoms with van der Waals surface area (Å²) in [5, 5.41) is 19.6. The van der Waals surface area contributed by atoms with Gasteiger partial charge in [-0.05, 0) is 18.4 Å².